The van der Waals surface area contributed by atoms with E-state index in [0.29, 0.717) is 11.4 Å². The van der Waals surface area contributed by atoms with Crippen molar-refractivity contribution in [1.82, 2.24) is 5.16 Å². The molecule has 0 aliphatic rings. The maximum atomic E-state index is 11.0. The number of nitrogens with zero attached hydrogens (tertiary/aromatic N) is 2. The van der Waals surface area contributed by atoms with E-state index in [9.17, 15) is 4.79 Å². The second-order valence-corrected chi connectivity index (χ2v) is 3.56. The van der Waals surface area contributed by atoms with E-state index in [1.807, 2.05) is 6.07 Å². The molecule has 0 saturated heterocycles. The molecule has 0 unspecified atom stereocenters. The lowest BCUT2D eigenvalue weighted by Gasteiger charge is -2.14. The minimum atomic E-state index is -0.526. The number of nitrogens with two attached hydrogens (primary N) is 2. The highest BCUT2D eigenvalue weighted by molar-refractivity contribution is 5.90. The summed E-state index contributed by atoms with van der Waals surface area (Å²) in [6, 6.07) is 8.29. The third-order valence-corrected chi connectivity index (χ3v) is 2.39. The molecule has 0 saturated carbocycles. The number of nitrogen functional groups attached to an aromatic ring is 1. The number of aromatic nitrogens is 1. The smallest absolute Gasteiger partial charge is 0.318 e. The van der Waals surface area contributed by atoms with Crippen LogP contribution in [0.1, 0.15) is 0 Å². The standard InChI is InChI=1S/C11H12N4O2/c1-15(11(13)16)8-4-2-3-7(5-8)9-6-10(12)17-14-9/h2-6H,12H2,1H3,(H2,13,16). The van der Waals surface area contributed by atoms with Crippen LogP contribution < -0.4 is 16.4 Å². The van der Waals surface area contributed by atoms with Crippen LogP contribution >= 0.6 is 0 Å². The van der Waals surface area contributed by atoms with Gasteiger partial charge in [0.05, 0.1) is 0 Å². The summed E-state index contributed by atoms with van der Waals surface area (Å²) in [5.41, 5.74) is 12.7. The lowest BCUT2D eigenvalue weighted by atomic mass is 10.1. The maximum absolute atomic E-state index is 11.0. The van der Waals surface area contributed by atoms with Gasteiger partial charge in [0.15, 0.2) is 0 Å². The molecule has 0 aliphatic heterocycles. The van der Waals surface area contributed by atoms with Gasteiger partial charge in [-0.05, 0) is 12.1 Å². The first-order valence-corrected chi connectivity index (χ1v) is 4.93. The molecule has 1 aromatic carbocycles. The molecule has 2 rings (SSSR count). The Balaban J connectivity index is 2.38. The van der Waals surface area contributed by atoms with Crippen molar-refractivity contribution in [3.05, 3.63) is 30.3 Å². The lowest BCUT2D eigenvalue weighted by molar-refractivity contribution is 0.255. The number of rotatable bonds is 2. The zero-order valence-electron chi connectivity index (χ0n) is 9.25. The summed E-state index contributed by atoms with van der Waals surface area (Å²) in [5.74, 6) is 0.244. The van der Waals surface area contributed by atoms with Crippen LogP contribution in [0.4, 0.5) is 16.4 Å². The van der Waals surface area contributed by atoms with Crippen LogP contribution in [-0.4, -0.2) is 18.2 Å². The average molecular weight is 232 g/mol. The zero-order valence-corrected chi connectivity index (χ0v) is 9.25. The molecule has 4 N–H and O–H groups in total. The van der Waals surface area contributed by atoms with Crippen LogP contribution in [0.15, 0.2) is 34.9 Å². The van der Waals surface area contributed by atoms with Crippen molar-refractivity contribution >= 4 is 17.6 Å². The summed E-state index contributed by atoms with van der Waals surface area (Å²) >= 11 is 0. The summed E-state index contributed by atoms with van der Waals surface area (Å²) in [4.78, 5) is 12.4. The van der Waals surface area contributed by atoms with Crippen molar-refractivity contribution in [2.45, 2.75) is 0 Å². The van der Waals surface area contributed by atoms with Crippen LogP contribution in [0.3, 0.4) is 0 Å². The number of hydrogen-bond donors (Lipinski definition) is 2. The van der Waals surface area contributed by atoms with Gasteiger partial charge in [0.25, 0.3) is 0 Å². The Morgan fingerprint density at radius 1 is 1.41 bits per heavy atom. The van der Waals surface area contributed by atoms with Crippen LogP contribution in [0.5, 0.6) is 0 Å². The molecule has 6 heteroatoms. The van der Waals surface area contributed by atoms with E-state index in [4.69, 9.17) is 16.0 Å². The summed E-state index contributed by atoms with van der Waals surface area (Å²) in [6.07, 6.45) is 0. The number of carbonyl (C=O) groups excluding carboxylic acids is 1. The van der Waals surface area contributed by atoms with Gasteiger partial charge in [0.2, 0.25) is 5.88 Å². The normalized spacial score (nSPS) is 10.2. The molecule has 0 radical (unpaired) electrons. The Bertz CT molecular complexity index is 550. The Hall–Kier alpha value is -2.50. The van der Waals surface area contributed by atoms with Crippen molar-refractivity contribution in [2.75, 3.05) is 17.7 Å². The monoisotopic (exact) mass is 232 g/mol. The minimum absolute atomic E-state index is 0.244. The van der Waals surface area contributed by atoms with Crippen molar-refractivity contribution in [2.24, 2.45) is 5.73 Å². The van der Waals surface area contributed by atoms with E-state index in [2.05, 4.69) is 5.16 Å². The summed E-state index contributed by atoms with van der Waals surface area (Å²) in [6.45, 7) is 0. The van der Waals surface area contributed by atoms with Gasteiger partial charge >= 0.3 is 6.03 Å². The lowest BCUT2D eigenvalue weighted by Crippen LogP contribution is -2.31. The SMILES string of the molecule is CN(C(N)=O)c1cccc(-c2cc(N)on2)c1. The molecular weight excluding hydrogens is 220 g/mol. The van der Waals surface area contributed by atoms with E-state index in [1.165, 1.54) is 4.90 Å². The highest BCUT2D eigenvalue weighted by Crippen LogP contribution is 2.24. The number of urea groups is 1. The zero-order chi connectivity index (χ0) is 12.4. The van der Waals surface area contributed by atoms with Crippen molar-refractivity contribution in [1.29, 1.82) is 0 Å². The molecule has 1 aromatic heterocycles. The fourth-order valence-electron chi connectivity index (χ4n) is 1.43. The molecule has 17 heavy (non-hydrogen) atoms. The van der Waals surface area contributed by atoms with Gasteiger partial charge in [-0.2, -0.15) is 0 Å². The van der Waals surface area contributed by atoms with E-state index >= 15 is 0 Å². The number of benzene rings is 1. The number of amides is 2. The van der Waals surface area contributed by atoms with Crippen LogP contribution in [-0.2, 0) is 0 Å². The molecule has 0 atom stereocenters. The van der Waals surface area contributed by atoms with Gasteiger partial charge in [0.1, 0.15) is 5.69 Å². The Morgan fingerprint density at radius 2 is 2.18 bits per heavy atom. The van der Waals surface area contributed by atoms with Crippen molar-refractivity contribution < 1.29 is 9.32 Å². The van der Waals surface area contributed by atoms with Gasteiger partial charge in [-0.1, -0.05) is 17.3 Å². The molecule has 88 valence electrons. The van der Waals surface area contributed by atoms with Crippen LogP contribution in [0.2, 0.25) is 0 Å². The van der Waals surface area contributed by atoms with Gasteiger partial charge in [-0.25, -0.2) is 4.79 Å². The Labute approximate surface area is 97.8 Å². The van der Waals surface area contributed by atoms with Gasteiger partial charge in [-0.3, -0.25) is 4.90 Å². The minimum Gasteiger partial charge on any atom is -0.368 e. The molecule has 2 amide bonds. The topological polar surface area (TPSA) is 98.4 Å². The number of hydrogen-bond acceptors (Lipinski definition) is 4. The quantitative estimate of drug-likeness (QED) is 0.818. The maximum Gasteiger partial charge on any atom is 0.318 e. The van der Waals surface area contributed by atoms with E-state index in [1.54, 1.807) is 31.3 Å². The first-order valence-electron chi connectivity index (χ1n) is 4.93. The van der Waals surface area contributed by atoms with E-state index < -0.39 is 6.03 Å². The van der Waals surface area contributed by atoms with Crippen molar-refractivity contribution in [3.8, 4) is 11.3 Å². The first-order chi connectivity index (χ1) is 8.08. The molecular formula is C11H12N4O2. The second-order valence-electron chi connectivity index (χ2n) is 3.56. The molecule has 0 spiro atoms. The third-order valence-electron chi connectivity index (χ3n) is 2.39. The molecule has 0 bridgehead atoms. The molecule has 0 aliphatic carbocycles. The predicted molar refractivity (Wildman–Crippen MR) is 64.3 cm³/mol. The highest BCUT2D eigenvalue weighted by Gasteiger charge is 2.09. The fraction of sp³-hybridized carbons (Fsp3) is 0.0909. The fourth-order valence-corrected chi connectivity index (χ4v) is 1.43. The molecule has 2 aromatic rings. The van der Waals surface area contributed by atoms with Crippen LogP contribution in [0, 0.1) is 0 Å². The van der Waals surface area contributed by atoms with Gasteiger partial charge in [0, 0.05) is 24.4 Å². The summed E-state index contributed by atoms with van der Waals surface area (Å²) in [5, 5.41) is 3.80. The first kappa shape index (κ1) is 11.0. The van der Waals surface area contributed by atoms with E-state index in [-0.39, 0.29) is 5.88 Å². The summed E-state index contributed by atoms with van der Waals surface area (Å²) in [7, 11) is 1.60. The van der Waals surface area contributed by atoms with E-state index in [0.717, 1.165) is 5.56 Å². The molecule has 6 nitrogen and oxygen atoms in total. The van der Waals surface area contributed by atoms with Crippen molar-refractivity contribution in [3.63, 3.8) is 0 Å². The second kappa shape index (κ2) is 4.17. The predicted octanol–water partition coefficient (Wildman–Crippen LogP) is 1.44. The highest BCUT2D eigenvalue weighted by atomic mass is 16.5. The Morgan fingerprint density at radius 3 is 2.76 bits per heavy atom. The summed E-state index contributed by atoms with van der Waals surface area (Å²) < 4.78 is 4.79. The third kappa shape index (κ3) is 2.20. The molecule has 1 heterocycles. The number of carbonyl (C=O) groups is 1. The average Bonchev–Trinajstić information content (AvgIpc) is 2.75. The Kier molecular flexibility index (Phi) is 2.70. The number of primary amides is 1. The molecule has 0 fully saturated rings. The van der Waals surface area contributed by atoms with Gasteiger partial charge in [-0.15, -0.1) is 0 Å². The van der Waals surface area contributed by atoms with Gasteiger partial charge < -0.3 is 16.0 Å². The van der Waals surface area contributed by atoms with Crippen LogP contribution in [0.25, 0.3) is 11.3 Å². The largest absolute Gasteiger partial charge is 0.368 e. The number of anilines is 2.